The van der Waals surface area contributed by atoms with Gasteiger partial charge in [0.2, 0.25) is 5.91 Å². The van der Waals surface area contributed by atoms with E-state index in [4.69, 9.17) is 4.98 Å². The molecule has 0 unspecified atom stereocenters. The van der Waals surface area contributed by atoms with E-state index in [1.54, 1.807) is 6.08 Å². The highest BCUT2D eigenvalue weighted by molar-refractivity contribution is 5.91. The van der Waals surface area contributed by atoms with Crippen LogP contribution in [0.3, 0.4) is 0 Å². The third-order valence-electron chi connectivity index (χ3n) is 6.82. The molecule has 1 fully saturated rings. The van der Waals surface area contributed by atoms with Crippen LogP contribution in [0, 0.1) is 5.92 Å². The fraction of sp³-hybridized carbons (Fsp3) is 0.448. The molecule has 1 aliphatic rings. The van der Waals surface area contributed by atoms with E-state index < -0.39 is 0 Å². The lowest BCUT2D eigenvalue weighted by atomic mass is 9.87. The summed E-state index contributed by atoms with van der Waals surface area (Å²) in [6.07, 6.45) is 15.9. The summed E-state index contributed by atoms with van der Waals surface area (Å²) in [7, 11) is 0. The lowest BCUT2D eigenvalue weighted by Gasteiger charge is -2.22. The molecule has 33 heavy (non-hydrogen) atoms. The van der Waals surface area contributed by atoms with Gasteiger partial charge in [-0.1, -0.05) is 81.0 Å². The van der Waals surface area contributed by atoms with Gasteiger partial charge in [0.1, 0.15) is 5.82 Å². The Labute approximate surface area is 198 Å². The molecule has 174 valence electrons. The summed E-state index contributed by atoms with van der Waals surface area (Å²) in [5, 5.41) is 2.99. The van der Waals surface area contributed by atoms with E-state index in [1.807, 2.05) is 36.4 Å². The molecule has 4 nitrogen and oxygen atoms in total. The first-order chi connectivity index (χ1) is 16.3. The molecule has 1 N–H and O–H groups in total. The van der Waals surface area contributed by atoms with Gasteiger partial charge in [-0.05, 0) is 49.0 Å². The van der Waals surface area contributed by atoms with E-state index in [0.29, 0.717) is 0 Å². The van der Waals surface area contributed by atoms with Crippen LogP contribution in [0.1, 0.15) is 69.2 Å². The minimum atomic E-state index is -0.0247. The number of unbranched alkanes of at least 4 members (excludes halogenated alkanes) is 2. The number of rotatable bonds is 11. The third kappa shape index (κ3) is 7.05. The Morgan fingerprint density at radius 2 is 1.76 bits per heavy atom. The first kappa shape index (κ1) is 23.3. The van der Waals surface area contributed by atoms with Gasteiger partial charge in [-0.3, -0.25) is 4.79 Å². The fourth-order valence-electron chi connectivity index (χ4n) is 4.94. The normalized spacial score (nSPS) is 14.8. The number of aromatic nitrogens is 2. The third-order valence-corrected chi connectivity index (χ3v) is 6.82. The molecule has 2 aromatic carbocycles. The summed E-state index contributed by atoms with van der Waals surface area (Å²) in [6, 6.07) is 18.5. The van der Waals surface area contributed by atoms with Gasteiger partial charge in [0, 0.05) is 25.6 Å². The summed E-state index contributed by atoms with van der Waals surface area (Å²) >= 11 is 0. The SMILES string of the molecule is O=C(/C=C/c1ccccc1)NCCCCCc1nc2ccccc2n1CCC1CCCCC1. The zero-order valence-electron chi connectivity index (χ0n) is 19.7. The van der Waals surface area contributed by atoms with Gasteiger partial charge in [0.15, 0.2) is 0 Å². The maximum atomic E-state index is 12.0. The van der Waals surface area contributed by atoms with Gasteiger partial charge in [-0.2, -0.15) is 0 Å². The summed E-state index contributed by atoms with van der Waals surface area (Å²) < 4.78 is 2.47. The number of para-hydroxylation sites is 2. The number of benzene rings is 2. The standard InChI is InChI=1S/C29H37N3O/c33-29(20-19-24-12-4-1-5-13-24)30-22-11-3-8-18-28-31-26-16-9-10-17-27(26)32(28)23-21-25-14-6-2-7-15-25/h1,4-5,9-10,12-13,16-17,19-20,25H,2-3,6-8,11,14-15,18,21-23H2,(H,30,33)/b20-19+. The van der Waals surface area contributed by atoms with Crippen LogP contribution in [-0.4, -0.2) is 22.0 Å². The van der Waals surface area contributed by atoms with E-state index in [9.17, 15) is 4.79 Å². The van der Waals surface area contributed by atoms with E-state index in [2.05, 4.69) is 34.1 Å². The number of nitrogens with zero attached hydrogens (tertiary/aromatic N) is 2. The molecule has 1 aromatic heterocycles. The van der Waals surface area contributed by atoms with Crippen molar-refractivity contribution in [1.82, 2.24) is 14.9 Å². The van der Waals surface area contributed by atoms with Crippen LogP contribution in [0.25, 0.3) is 17.1 Å². The van der Waals surface area contributed by atoms with E-state index in [0.717, 1.165) is 55.8 Å². The molecule has 0 spiro atoms. The number of hydrogen-bond donors (Lipinski definition) is 1. The van der Waals surface area contributed by atoms with Gasteiger partial charge in [-0.15, -0.1) is 0 Å². The first-order valence-corrected chi connectivity index (χ1v) is 12.7. The number of hydrogen-bond acceptors (Lipinski definition) is 2. The molecule has 3 aromatic rings. The molecule has 4 heteroatoms. The second-order valence-electron chi connectivity index (χ2n) is 9.31. The highest BCUT2D eigenvalue weighted by Crippen LogP contribution is 2.28. The quantitative estimate of drug-likeness (QED) is 0.270. The topological polar surface area (TPSA) is 46.9 Å². The zero-order valence-corrected chi connectivity index (χ0v) is 19.7. The summed E-state index contributed by atoms with van der Waals surface area (Å²) in [6.45, 7) is 1.81. The maximum Gasteiger partial charge on any atom is 0.243 e. The van der Waals surface area contributed by atoms with E-state index >= 15 is 0 Å². The molecule has 1 heterocycles. The Balaban J connectivity index is 1.21. The Morgan fingerprint density at radius 3 is 2.61 bits per heavy atom. The molecule has 0 radical (unpaired) electrons. The number of imidazole rings is 1. The van der Waals surface area contributed by atoms with Crippen molar-refractivity contribution in [3.05, 3.63) is 72.1 Å². The number of carbonyl (C=O) groups excluding carboxylic acids is 1. The fourth-order valence-corrected chi connectivity index (χ4v) is 4.94. The van der Waals surface area contributed by atoms with Crippen LogP contribution in [-0.2, 0) is 17.8 Å². The van der Waals surface area contributed by atoms with Gasteiger partial charge < -0.3 is 9.88 Å². The lowest BCUT2D eigenvalue weighted by molar-refractivity contribution is -0.116. The van der Waals surface area contributed by atoms with Crippen molar-refractivity contribution < 1.29 is 4.79 Å². The minimum Gasteiger partial charge on any atom is -0.353 e. The predicted molar refractivity (Wildman–Crippen MR) is 137 cm³/mol. The van der Waals surface area contributed by atoms with Crippen LogP contribution in [0.5, 0.6) is 0 Å². The molecule has 4 rings (SSSR count). The molecule has 1 aliphatic carbocycles. The van der Waals surface area contributed by atoms with E-state index in [-0.39, 0.29) is 5.91 Å². The Morgan fingerprint density at radius 1 is 0.970 bits per heavy atom. The van der Waals surface area contributed by atoms with Gasteiger partial charge in [0.25, 0.3) is 0 Å². The molecule has 1 amide bonds. The largest absolute Gasteiger partial charge is 0.353 e. The van der Waals surface area contributed by atoms with Gasteiger partial charge in [0.05, 0.1) is 11.0 Å². The van der Waals surface area contributed by atoms with Crippen molar-refractivity contribution in [2.45, 2.75) is 70.8 Å². The van der Waals surface area contributed by atoms with Crippen molar-refractivity contribution in [2.75, 3.05) is 6.54 Å². The zero-order chi connectivity index (χ0) is 22.7. The average Bonchev–Trinajstić information content (AvgIpc) is 3.22. The lowest BCUT2D eigenvalue weighted by Crippen LogP contribution is -2.22. The molecule has 0 atom stereocenters. The van der Waals surface area contributed by atoms with Gasteiger partial charge in [-0.25, -0.2) is 4.98 Å². The van der Waals surface area contributed by atoms with Crippen molar-refractivity contribution in [3.63, 3.8) is 0 Å². The van der Waals surface area contributed by atoms with Crippen molar-refractivity contribution >= 4 is 23.0 Å². The number of carbonyl (C=O) groups is 1. The van der Waals surface area contributed by atoms with Crippen molar-refractivity contribution in [1.29, 1.82) is 0 Å². The highest BCUT2D eigenvalue weighted by atomic mass is 16.1. The van der Waals surface area contributed by atoms with Crippen molar-refractivity contribution in [3.8, 4) is 0 Å². The number of fused-ring (bicyclic) bond motifs is 1. The van der Waals surface area contributed by atoms with Crippen molar-refractivity contribution in [2.24, 2.45) is 5.92 Å². The number of amides is 1. The molecule has 0 aliphatic heterocycles. The molecular weight excluding hydrogens is 406 g/mol. The minimum absolute atomic E-state index is 0.0247. The molecular formula is C29H37N3O. The molecule has 1 saturated carbocycles. The first-order valence-electron chi connectivity index (χ1n) is 12.7. The Hall–Kier alpha value is -2.88. The second kappa shape index (κ2) is 12.4. The predicted octanol–water partition coefficient (Wildman–Crippen LogP) is 6.55. The van der Waals surface area contributed by atoms with Crippen LogP contribution in [0.2, 0.25) is 0 Å². The monoisotopic (exact) mass is 443 g/mol. The maximum absolute atomic E-state index is 12.0. The van der Waals surface area contributed by atoms with Crippen LogP contribution >= 0.6 is 0 Å². The molecule has 0 saturated heterocycles. The Kier molecular flexibility index (Phi) is 8.74. The van der Waals surface area contributed by atoms with Crippen LogP contribution < -0.4 is 5.32 Å². The molecule has 0 bridgehead atoms. The number of aryl methyl sites for hydroxylation is 2. The van der Waals surface area contributed by atoms with E-state index in [1.165, 1.54) is 49.9 Å². The smallest absolute Gasteiger partial charge is 0.243 e. The van der Waals surface area contributed by atoms with Crippen LogP contribution in [0.4, 0.5) is 0 Å². The van der Waals surface area contributed by atoms with Gasteiger partial charge >= 0.3 is 0 Å². The summed E-state index contributed by atoms with van der Waals surface area (Å²) in [5.74, 6) is 2.08. The Bertz CT molecular complexity index is 1030. The number of nitrogens with one attached hydrogen (secondary N) is 1. The second-order valence-corrected chi connectivity index (χ2v) is 9.31. The average molecular weight is 444 g/mol. The summed E-state index contributed by atoms with van der Waals surface area (Å²) in [4.78, 5) is 17.0. The van der Waals surface area contributed by atoms with Crippen LogP contribution in [0.15, 0.2) is 60.7 Å². The summed E-state index contributed by atoms with van der Waals surface area (Å²) in [5.41, 5.74) is 3.44. The highest BCUT2D eigenvalue weighted by Gasteiger charge is 2.16.